The molecular weight excluding hydrogens is 374 g/mol. The lowest BCUT2D eigenvalue weighted by Gasteiger charge is -2.10. The first-order valence-electron chi connectivity index (χ1n) is 9.14. The number of rotatable bonds is 9. The van der Waals surface area contributed by atoms with Crippen LogP contribution in [0, 0.1) is 5.92 Å². The van der Waals surface area contributed by atoms with Crippen LogP contribution in [0.4, 0.5) is 5.69 Å². The molecule has 2 aromatic carbocycles. The number of hydrogen-bond donors (Lipinski definition) is 1. The number of carbonyl (C=O) groups is 3. The highest BCUT2D eigenvalue weighted by atomic mass is 16.5. The lowest BCUT2D eigenvalue weighted by Crippen LogP contribution is -2.18. The van der Waals surface area contributed by atoms with Crippen LogP contribution >= 0.6 is 0 Å². The Morgan fingerprint density at radius 3 is 2.24 bits per heavy atom. The molecule has 0 saturated heterocycles. The Balaban J connectivity index is 1.90. The molecule has 0 atom stereocenters. The van der Waals surface area contributed by atoms with Crippen molar-refractivity contribution < 1.29 is 28.6 Å². The standard InChI is InChI=1S/C22H25NO6/c1-14(2)22(26)23-17-8-5-15(6-9-17)19(24)13-29-21(25)11-16-7-10-18(27-3)12-20(16)28-4/h5-10,12,14H,11,13H2,1-4H3,(H,23,26). The Hall–Kier alpha value is -3.35. The van der Waals surface area contributed by atoms with Crippen molar-refractivity contribution in [3.8, 4) is 11.5 Å². The summed E-state index contributed by atoms with van der Waals surface area (Å²) in [7, 11) is 3.04. The molecule has 0 aliphatic heterocycles. The van der Waals surface area contributed by atoms with Crippen LogP contribution in [0.3, 0.4) is 0 Å². The van der Waals surface area contributed by atoms with E-state index >= 15 is 0 Å². The van der Waals surface area contributed by atoms with Gasteiger partial charge in [0.2, 0.25) is 5.91 Å². The number of amides is 1. The molecule has 0 radical (unpaired) electrons. The molecule has 7 nitrogen and oxygen atoms in total. The topological polar surface area (TPSA) is 90.9 Å². The van der Waals surface area contributed by atoms with E-state index in [-0.39, 0.29) is 30.6 Å². The van der Waals surface area contributed by atoms with Crippen LogP contribution in [0.1, 0.15) is 29.8 Å². The highest BCUT2D eigenvalue weighted by Crippen LogP contribution is 2.25. The molecule has 2 rings (SSSR count). The number of ketones is 1. The summed E-state index contributed by atoms with van der Waals surface area (Å²) < 4.78 is 15.5. The van der Waals surface area contributed by atoms with E-state index < -0.39 is 5.97 Å². The molecule has 0 aliphatic rings. The molecule has 0 unspecified atom stereocenters. The molecular formula is C22H25NO6. The minimum absolute atomic E-state index is 0.0272. The van der Waals surface area contributed by atoms with E-state index in [0.717, 1.165) is 0 Å². The summed E-state index contributed by atoms with van der Waals surface area (Å²) in [6.07, 6.45) is -0.0272. The second-order valence-electron chi connectivity index (χ2n) is 6.66. The zero-order valence-electron chi connectivity index (χ0n) is 17.0. The zero-order valence-corrected chi connectivity index (χ0v) is 17.0. The average molecular weight is 399 g/mol. The molecule has 0 heterocycles. The molecule has 1 N–H and O–H groups in total. The summed E-state index contributed by atoms with van der Waals surface area (Å²) in [6.45, 7) is 3.22. The third-order valence-corrected chi connectivity index (χ3v) is 4.19. The van der Waals surface area contributed by atoms with Crippen LogP contribution < -0.4 is 14.8 Å². The number of carbonyl (C=O) groups excluding carboxylic acids is 3. The summed E-state index contributed by atoms with van der Waals surface area (Å²) >= 11 is 0. The van der Waals surface area contributed by atoms with Gasteiger partial charge in [-0.1, -0.05) is 19.9 Å². The summed E-state index contributed by atoms with van der Waals surface area (Å²) in [5.41, 5.74) is 1.63. The Labute approximate surface area is 170 Å². The van der Waals surface area contributed by atoms with Crippen molar-refractivity contribution in [2.24, 2.45) is 5.92 Å². The summed E-state index contributed by atoms with van der Waals surface area (Å²) in [5.74, 6) is 0.00488. The summed E-state index contributed by atoms with van der Waals surface area (Å²) in [5, 5.41) is 2.75. The van der Waals surface area contributed by atoms with Crippen LogP contribution in [-0.4, -0.2) is 38.5 Å². The molecule has 0 fully saturated rings. The van der Waals surface area contributed by atoms with Gasteiger partial charge < -0.3 is 19.5 Å². The van der Waals surface area contributed by atoms with E-state index in [9.17, 15) is 14.4 Å². The third-order valence-electron chi connectivity index (χ3n) is 4.19. The smallest absolute Gasteiger partial charge is 0.310 e. The fraction of sp³-hybridized carbons (Fsp3) is 0.318. The number of hydrogen-bond acceptors (Lipinski definition) is 6. The first-order valence-corrected chi connectivity index (χ1v) is 9.14. The van der Waals surface area contributed by atoms with Gasteiger partial charge in [-0.25, -0.2) is 0 Å². The van der Waals surface area contributed by atoms with Crippen molar-refractivity contribution >= 4 is 23.3 Å². The SMILES string of the molecule is COc1ccc(CC(=O)OCC(=O)c2ccc(NC(=O)C(C)C)cc2)c(OC)c1. The normalized spacial score (nSPS) is 10.4. The first-order chi connectivity index (χ1) is 13.8. The molecule has 29 heavy (non-hydrogen) atoms. The van der Waals surface area contributed by atoms with Crippen LogP contribution in [0.2, 0.25) is 0 Å². The number of ether oxygens (including phenoxy) is 3. The lowest BCUT2D eigenvalue weighted by molar-refractivity contribution is -0.141. The fourth-order valence-electron chi connectivity index (χ4n) is 2.46. The highest BCUT2D eigenvalue weighted by molar-refractivity contribution is 5.99. The number of esters is 1. The summed E-state index contributed by atoms with van der Waals surface area (Å²) in [4.78, 5) is 36.0. The van der Waals surface area contributed by atoms with Gasteiger partial charge >= 0.3 is 5.97 Å². The molecule has 2 aromatic rings. The zero-order chi connectivity index (χ0) is 21.4. The third kappa shape index (κ3) is 6.34. The van der Waals surface area contributed by atoms with Gasteiger partial charge in [-0.15, -0.1) is 0 Å². The Morgan fingerprint density at radius 2 is 1.66 bits per heavy atom. The van der Waals surface area contributed by atoms with Crippen molar-refractivity contribution in [2.75, 3.05) is 26.1 Å². The largest absolute Gasteiger partial charge is 0.497 e. The molecule has 0 aliphatic carbocycles. The lowest BCUT2D eigenvalue weighted by atomic mass is 10.1. The molecule has 0 saturated carbocycles. The molecule has 0 bridgehead atoms. The van der Waals surface area contributed by atoms with E-state index in [1.165, 1.54) is 7.11 Å². The predicted molar refractivity (Wildman–Crippen MR) is 108 cm³/mol. The van der Waals surface area contributed by atoms with Gasteiger partial charge in [-0.3, -0.25) is 14.4 Å². The van der Waals surface area contributed by atoms with Crippen molar-refractivity contribution in [3.63, 3.8) is 0 Å². The van der Waals surface area contributed by atoms with Gasteiger partial charge in [0.05, 0.1) is 20.6 Å². The van der Waals surface area contributed by atoms with Crippen LogP contribution in [-0.2, 0) is 20.7 Å². The predicted octanol–water partition coefficient (Wildman–Crippen LogP) is 3.27. The quantitative estimate of drug-likeness (QED) is 0.514. The van der Waals surface area contributed by atoms with Crippen molar-refractivity contribution in [2.45, 2.75) is 20.3 Å². The van der Waals surface area contributed by atoms with E-state index in [2.05, 4.69) is 5.32 Å². The van der Waals surface area contributed by atoms with E-state index in [1.54, 1.807) is 63.4 Å². The van der Waals surface area contributed by atoms with Crippen LogP contribution in [0.25, 0.3) is 0 Å². The van der Waals surface area contributed by atoms with Gasteiger partial charge in [0, 0.05) is 28.8 Å². The molecule has 0 aromatic heterocycles. The maximum Gasteiger partial charge on any atom is 0.310 e. The van der Waals surface area contributed by atoms with Crippen LogP contribution in [0.15, 0.2) is 42.5 Å². The second-order valence-corrected chi connectivity index (χ2v) is 6.66. The van der Waals surface area contributed by atoms with E-state index in [1.807, 2.05) is 0 Å². The van der Waals surface area contributed by atoms with Gasteiger partial charge in [-0.2, -0.15) is 0 Å². The van der Waals surface area contributed by atoms with Crippen LogP contribution in [0.5, 0.6) is 11.5 Å². The average Bonchev–Trinajstić information content (AvgIpc) is 2.72. The van der Waals surface area contributed by atoms with Gasteiger partial charge in [0.25, 0.3) is 0 Å². The number of methoxy groups -OCH3 is 2. The Kier molecular flexibility index (Phi) is 7.77. The maximum atomic E-state index is 12.2. The van der Waals surface area contributed by atoms with Crippen molar-refractivity contribution in [1.29, 1.82) is 0 Å². The Bertz CT molecular complexity index is 873. The number of nitrogens with one attached hydrogen (secondary N) is 1. The maximum absolute atomic E-state index is 12.2. The van der Waals surface area contributed by atoms with Crippen molar-refractivity contribution in [3.05, 3.63) is 53.6 Å². The van der Waals surface area contributed by atoms with E-state index in [0.29, 0.717) is 28.3 Å². The number of benzene rings is 2. The van der Waals surface area contributed by atoms with Gasteiger partial charge in [0.15, 0.2) is 12.4 Å². The number of anilines is 1. The Morgan fingerprint density at radius 1 is 0.966 bits per heavy atom. The first kappa shape index (κ1) is 21.9. The monoisotopic (exact) mass is 399 g/mol. The minimum atomic E-state index is -0.539. The summed E-state index contributed by atoms with van der Waals surface area (Å²) in [6, 6.07) is 11.5. The minimum Gasteiger partial charge on any atom is -0.497 e. The highest BCUT2D eigenvalue weighted by Gasteiger charge is 2.14. The fourth-order valence-corrected chi connectivity index (χ4v) is 2.46. The molecule has 7 heteroatoms. The molecule has 1 amide bonds. The van der Waals surface area contributed by atoms with Gasteiger partial charge in [-0.05, 0) is 30.3 Å². The molecule has 0 spiro atoms. The van der Waals surface area contributed by atoms with Crippen molar-refractivity contribution in [1.82, 2.24) is 0 Å². The molecule has 154 valence electrons. The van der Waals surface area contributed by atoms with E-state index in [4.69, 9.17) is 14.2 Å². The second kappa shape index (κ2) is 10.3. The number of Topliss-reactive ketones (excluding diaryl/α,β-unsaturated/α-hetero) is 1. The van der Waals surface area contributed by atoms with Gasteiger partial charge in [0.1, 0.15) is 11.5 Å².